The quantitative estimate of drug-likeness (QED) is 0.361. The van der Waals surface area contributed by atoms with Crippen molar-refractivity contribution in [3.63, 3.8) is 0 Å². The minimum Gasteiger partial charge on any atom is -0.497 e. The number of furan rings is 1. The number of carboxylic acids is 1. The van der Waals surface area contributed by atoms with E-state index in [-0.39, 0.29) is 5.56 Å². The molecule has 0 bridgehead atoms. The number of aromatic amines is 1. The Hall–Kier alpha value is -3.78. The average Bonchev–Trinajstić information content (AvgIpc) is 3.55. The van der Waals surface area contributed by atoms with Gasteiger partial charge in [0.25, 0.3) is 0 Å². The molecule has 3 aromatic heterocycles. The van der Waals surface area contributed by atoms with E-state index in [0.29, 0.717) is 24.0 Å². The molecule has 8 nitrogen and oxygen atoms in total. The zero-order valence-electron chi connectivity index (χ0n) is 19.7. The number of likely N-dealkylation sites (tertiary alicyclic amines) is 1. The highest BCUT2D eigenvalue weighted by molar-refractivity contribution is 5.91. The molecule has 0 aliphatic carbocycles. The Bertz CT molecular complexity index is 1290. The molecule has 0 saturated carbocycles. The van der Waals surface area contributed by atoms with Gasteiger partial charge in [-0.2, -0.15) is 0 Å². The largest absolute Gasteiger partial charge is 0.497 e. The van der Waals surface area contributed by atoms with Crippen molar-refractivity contribution in [3.8, 4) is 11.5 Å². The van der Waals surface area contributed by atoms with Gasteiger partial charge in [-0.1, -0.05) is 0 Å². The lowest BCUT2D eigenvalue weighted by molar-refractivity contribution is 0.0691. The molecule has 1 aliphatic rings. The number of H-pyrrole nitrogens is 1. The summed E-state index contributed by atoms with van der Waals surface area (Å²) in [4.78, 5) is 21.8. The molecule has 0 radical (unpaired) electrons. The van der Waals surface area contributed by atoms with Crippen molar-refractivity contribution in [3.05, 3.63) is 77.5 Å². The summed E-state index contributed by atoms with van der Waals surface area (Å²) in [7, 11) is 1.55. The SMILES string of the molecule is COc1ccc(C(=O)O)c(OCCN2CCC(c3c[nH]c4nccc(Cc5ccco5)c34)CC2)c1. The Kier molecular flexibility index (Phi) is 6.72. The van der Waals surface area contributed by atoms with Gasteiger partial charge < -0.3 is 24.0 Å². The van der Waals surface area contributed by atoms with Gasteiger partial charge in [-0.15, -0.1) is 0 Å². The molecule has 35 heavy (non-hydrogen) atoms. The molecule has 2 N–H and O–H groups in total. The molecule has 182 valence electrons. The Labute approximate surface area is 203 Å². The molecule has 0 spiro atoms. The van der Waals surface area contributed by atoms with Crippen LogP contribution >= 0.6 is 0 Å². The van der Waals surface area contributed by atoms with E-state index < -0.39 is 5.97 Å². The fourth-order valence-electron chi connectivity index (χ4n) is 4.90. The molecule has 1 fully saturated rings. The van der Waals surface area contributed by atoms with Crippen LogP contribution in [0.1, 0.15) is 46.0 Å². The monoisotopic (exact) mass is 475 g/mol. The lowest BCUT2D eigenvalue weighted by Crippen LogP contribution is -2.35. The van der Waals surface area contributed by atoms with Crippen molar-refractivity contribution in [2.24, 2.45) is 0 Å². The Morgan fingerprint density at radius 2 is 2.11 bits per heavy atom. The molecule has 0 unspecified atom stereocenters. The van der Waals surface area contributed by atoms with E-state index in [1.807, 2.05) is 18.3 Å². The fraction of sp³-hybridized carbons (Fsp3) is 0.333. The second-order valence-corrected chi connectivity index (χ2v) is 8.83. The maximum absolute atomic E-state index is 11.5. The van der Waals surface area contributed by atoms with Crippen molar-refractivity contribution >= 4 is 17.0 Å². The standard InChI is InChI=1S/C27H29N3O5/c1-33-20-4-5-22(27(31)32)24(16-20)35-14-12-30-10-7-18(8-11-30)23-17-29-26-25(23)19(6-9-28-26)15-21-3-2-13-34-21/h2-6,9,13,16-18H,7-8,10-12,14-15H2,1H3,(H,28,29)(H,31,32). The number of fused-ring (bicyclic) bond motifs is 1. The zero-order chi connectivity index (χ0) is 24.2. The number of carbonyl (C=O) groups is 1. The van der Waals surface area contributed by atoms with Gasteiger partial charge in [0, 0.05) is 36.8 Å². The molecular formula is C27H29N3O5. The predicted octanol–water partition coefficient (Wildman–Crippen LogP) is 4.71. The lowest BCUT2D eigenvalue weighted by Gasteiger charge is -2.32. The Morgan fingerprint density at radius 3 is 2.86 bits per heavy atom. The third-order valence-corrected chi connectivity index (χ3v) is 6.75. The second kappa shape index (κ2) is 10.2. The average molecular weight is 476 g/mol. The number of rotatable bonds is 9. The summed E-state index contributed by atoms with van der Waals surface area (Å²) in [6.07, 6.45) is 8.51. The second-order valence-electron chi connectivity index (χ2n) is 8.83. The number of hydrogen-bond donors (Lipinski definition) is 2. The van der Waals surface area contributed by atoms with Gasteiger partial charge in [0.2, 0.25) is 0 Å². The van der Waals surface area contributed by atoms with Crippen LogP contribution in [-0.4, -0.2) is 59.3 Å². The van der Waals surface area contributed by atoms with Crippen LogP contribution in [-0.2, 0) is 6.42 Å². The van der Waals surface area contributed by atoms with E-state index in [4.69, 9.17) is 13.9 Å². The third-order valence-electron chi connectivity index (χ3n) is 6.75. The first-order valence-electron chi connectivity index (χ1n) is 11.9. The van der Waals surface area contributed by atoms with E-state index in [0.717, 1.165) is 50.3 Å². The maximum atomic E-state index is 11.5. The molecule has 5 rings (SSSR count). The summed E-state index contributed by atoms with van der Waals surface area (Å²) in [6, 6.07) is 10.8. The molecule has 0 atom stereocenters. The van der Waals surface area contributed by atoms with Crippen molar-refractivity contribution < 1.29 is 23.8 Å². The fourth-order valence-corrected chi connectivity index (χ4v) is 4.90. The number of hydrogen-bond acceptors (Lipinski definition) is 6. The molecule has 1 aliphatic heterocycles. The molecule has 1 aromatic carbocycles. The van der Waals surface area contributed by atoms with E-state index in [2.05, 4.69) is 27.1 Å². The van der Waals surface area contributed by atoms with E-state index in [9.17, 15) is 9.90 Å². The zero-order valence-corrected chi connectivity index (χ0v) is 19.7. The molecule has 1 saturated heterocycles. The number of piperidine rings is 1. The van der Waals surface area contributed by atoms with Gasteiger partial charge in [-0.25, -0.2) is 9.78 Å². The summed E-state index contributed by atoms with van der Waals surface area (Å²) >= 11 is 0. The summed E-state index contributed by atoms with van der Waals surface area (Å²) in [6.45, 7) is 3.07. The van der Waals surface area contributed by atoms with Crippen LogP contribution in [0.2, 0.25) is 0 Å². The molecular weight excluding hydrogens is 446 g/mol. The molecule has 4 aromatic rings. The summed E-state index contributed by atoms with van der Waals surface area (Å²) < 4.78 is 16.6. The number of carboxylic acid groups (broad SMARTS) is 1. The topological polar surface area (TPSA) is 101 Å². The van der Waals surface area contributed by atoms with Crippen molar-refractivity contribution in [2.75, 3.05) is 33.4 Å². The van der Waals surface area contributed by atoms with Crippen molar-refractivity contribution in [2.45, 2.75) is 25.2 Å². The first kappa shape index (κ1) is 23.0. The number of nitrogens with one attached hydrogen (secondary N) is 1. The van der Waals surface area contributed by atoms with Crippen molar-refractivity contribution in [1.82, 2.24) is 14.9 Å². The molecule has 0 amide bonds. The number of nitrogens with zero attached hydrogens (tertiary/aromatic N) is 2. The van der Waals surface area contributed by atoms with Crippen LogP contribution in [0, 0.1) is 0 Å². The molecule has 8 heteroatoms. The van der Waals surface area contributed by atoms with Crippen LogP contribution in [0.5, 0.6) is 11.5 Å². The smallest absolute Gasteiger partial charge is 0.339 e. The van der Waals surface area contributed by atoms with Crippen LogP contribution in [0.15, 0.2) is 59.5 Å². The van der Waals surface area contributed by atoms with Gasteiger partial charge in [0.05, 0.1) is 13.4 Å². The van der Waals surface area contributed by atoms with Gasteiger partial charge in [-0.05, 0) is 73.3 Å². The number of aromatic nitrogens is 2. The van der Waals surface area contributed by atoms with Gasteiger partial charge in [-0.3, -0.25) is 4.90 Å². The first-order valence-corrected chi connectivity index (χ1v) is 11.9. The number of aromatic carboxylic acids is 1. The number of ether oxygens (including phenoxy) is 2. The number of pyridine rings is 1. The van der Waals surface area contributed by atoms with Gasteiger partial charge in [0.1, 0.15) is 35.1 Å². The van der Waals surface area contributed by atoms with Crippen LogP contribution in [0.25, 0.3) is 11.0 Å². The number of benzene rings is 1. The summed E-state index contributed by atoms with van der Waals surface area (Å²) in [5, 5.41) is 10.6. The summed E-state index contributed by atoms with van der Waals surface area (Å²) in [5.41, 5.74) is 3.62. The highest BCUT2D eigenvalue weighted by atomic mass is 16.5. The van der Waals surface area contributed by atoms with Crippen LogP contribution < -0.4 is 9.47 Å². The number of methoxy groups -OCH3 is 1. The highest BCUT2D eigenvalue weighted by Gasteiger charge is 2.24. The van der Waals surface area contributed by atoms with Gasteiger partial charge >= 0.3 is 5.97 Å². The highest BCUT2D eigenvalue weighted by Crippen LogP contribution is 2.35. The minimum absolute atomic E-state index is 0.141. The molecule has 4 heterocycles. The third kappa shape index (κ3) is 5.02. The minimum atomic E-state index is -1.01. The Balaban J connectivity index is 1.20. The van der Waals surface area contributed by atoms with E-state index >= 15 is 0 Å². The van der Waals surface area contributed by atoms with E-state index in [1.54, 1.807) is 25.5 Å². The predicted molar refractivity (Wildman–Crippen MR) is 131 cm³/mol. The van der Waals surface area contributed by atoms with Crippen molar-refractivity contribution in [1.29, 1.82) is 0 Å². The lowest BCUT2D eigenvalue weighted by atomic mass is 9.88. The maximum Gasteiger partial charge on any atom is 0.339 e. The first-order chi connectivity index (χ1) is 17.1. The normalized spacial score (nSPS) is 14.9. The van der Waals surface area contributed by atoms with Crippen LogP contribution in [0.4, 0.5) is 0 Å². The van der Waals surface area contributed by atoms with Gasteiger partial charge in [0.15, 0.2) is 0 Å². The summed E-state index contributed by atoms with van der Waals surface area (Å²) in [5.74, 6) is 1.30. The van der Waals surface area contributed by atoms with E-state index in [1.165, 1.54) is 22.6 Å². The Morgan fingerprint density at radius 1 is 1.26 bits per heavy atom. The van der Waals surface area contributed by atoms with Crippen LogP contribution in [0.3, 0.4) is 0 Å².